The Morgan fingerprint density at radius 1 is 1.60 bits per heavy atom. The average molecular weight is 180 g/mol. The van der Waals surface area contributed by atoms with Gasteiger partial charge in [-0.05, 0) is 0 Å². The number of hydrogen-bond acceptors (Lipinski definition) is 4. The topological polar surface area (TPSA) is 26.3 Å². The molecule has 0 heterocycles. The maximum Gasteiger partial charge on any atom is 0.309 e. The molecule has 60 valence electrons. The Balaban J connectivity index is 3.42. The molecule has 0 aromatic carbocycles. The van der Waals surface area contributed by atoms with E-state index in [0.717, 1.165) is 0 Å². The number of hydrogen-bond donors (Lipinski definition) is 2. The van der Waals surface area contributed by atoms with Crippen LogP contribution in [0.15, 0.2) is 0 Å². The summed E-state index contributed by atoms with van der Waals surface area (Å²) in [6, 6.07) is 0. The lowest BCUT2D eigenvalue weighted by Gasteiger charge is -2.06. The van der Waals surface area contributed by atoms with Gasteiger partial charge in [-0.15, -0.1) is 0 Å². The van der Waals surface area contributed by atoms with E-state index in [2.05, 4.69) is 25.3 Å². The van der Waals surface area contributed by atoms with Crippen molar-refractivity contribution in [1.82, 2.24) is 0 Å². The molecule has 1 atom stereocenters. The van der Waals surface area contributed by atoms with Crippen LogP contribution >= 0.6 is 25.3 Å². The molecule has 0 saturated heterocycles. The predicted octanol–water partition coefficient (Wildman–Crippen LogP) is 1.03. The van der Waals surface area contributed by atoms with Crippen LogP contribution in [0.2, 0.25) is 0 Å². The second-order valence-electron chi connectivity index (χ2n) is 1.97. The molecule has 0 aliphatic carbocycles. The van der Waals surface area contributed by atoms with Gasteiger partial charge in [-0.1, -0.05) is 6.92 Å². The van der Waals surface area contributed by atoms with Crippen LogP contribution < -0.4 is 0 Å². The van der Waals surface area contributed by atoms with Crippen LogP contribution in [0, 0.1) is 5.92 Å². The fourth-order valence-electron chi connectivity index (χ4n) is 0.363. The third-order valence-corrected chi connectivity index (χ3v) is 1.74. The van der Waals surface area contributed by atoms with Gasteiger partial charge in [0, 0.05) is 11.5 Å². The molecule has 0 saturated carbocycles. The lowest BCUT2D eigenvalue weighted by atomic mass is 10.2. The minimum atomic E-state index is -0.191. The van der Waals surface area contributed by atoms with E-state index in [4.69, 9.17) is 4.74 Å². The van der Waals surface area contributed by atoms with E-state index in [9.17, 15) is 4.79 Å². The molecule has 0 aliphatic heterocycles. The third-order valence-electron chi connectivity index (χ3n) is 1.01. The SMILES string of the molecule is CC(CS)C(=O)OCCS. The number of carbonyl (C=O) groups is 1. The van der Waals surface area contributed by atoms with Gasteiger partial charge in [0.15, 0.2) is 0 Å². The molecule has 2 nitrogen and oxygen atoms in total. The molecule has 0 amide bonds. The number of thiol groups is 2. The summed E-state index contributed by atoms with van der Waals surface area (Å²) in [5, 5.41) is 0. The van der Waals surface area contributed by atoms with E-state index < -0.39 is 0 Å². The molecule has 4 heteroatoms. The Labute approximate surface area is 72.1 Å². The summed E-state index contributed by atoms with van der Waals surface area (Å²) in [6.45, 7) is 2.17. The van der Waals surface area contributed by atoms with Gasteiger partial charge in [-0.3, -0.25) is 4.79 Å². The first kappa shape index (κ1) is 10.2. The van der Waals surface area contributed by atoms with Crippen molar-refractivity contribution in [3.05, 3.63) is 0 Å². The summed E-state index contributed by atoms with van der Waals surface area (Å²) < 4.78 is 4.78. The molecule has 0 fully saturated rings. The van der Waals surface area contributed by atoms with Crippen molar-refractivity contribution in [2.24, 2.45) is 5.92 Å². The van der Waals surface area contributed by atoms with Crippen molar-refractivity contribution < 1.29 is 9.53 Å². The molecule has 0 bridgehead atoms. The van der Waals surface area contributed by atoms with Crippen LogP contribution in [0.3, 0.4) is 0 Å². The van der Waals surface area contributed by atoms with Crippen molar-refractivity contribution in [3.8, 4) is 0 Å². The van der Waals surface area contributed by atoms with Gasteiger partial charge in [-0.2, -0.15) is 25.3 Å². The van der Waals surface area contributed by atoms with Gasteiger partial charge in [0.2, 0.25) is 0 Å². The first-order valence-corrected chi connectivity index (χ1v) is 4.37. The van der Waals surface area contributed by atoms with Crippen LogP contribution in [0.4, 0.5) is 0 Å². The number of carbonyl (C=O) groups excluding carboxylic acids is 1. The lowest BCUT2D eigenvalue weighted by molar-refractivity contribution is -0.146. The molecule has 0 aliphatic rings. The van der Waals surface area contributed by atoms with E-state index in [1.54, 1.807) is 6.92 Å². The van der Waals surface area contributed by atoms with Gasteiger partial charge in [0.1, 0.15) is 6.61 Å². The van der Waals surface area contributed by atoms with Gasteiger partial charge < -0.3 is 4.74 Å². The van der Waals surface area contributed by atoms with E-state index >= 15 is 0 Å². The van der Waals surface area contributed by atoms with E-state index in [1.165, 1.54) is 0 Å². The minimum Gasteiger partial charge on any atom is -0.465 e. The molecule has 1 unspecified atom stereocenters. The summed E-state index contributed by atoms with van der Waals surface area (Å²) in [4.78, 5) is 10.8. The Bertz CT molecular complexity index is 106. The highest BCUT2D eigenvalue weighted by molar-refractivity contribution is 7.80. The van der Waals surface area contributed by atoms with Gasteiger partial charge in [-0.25, -0.2) is 0 Å². The zero-order chi connectivity index (χ0) is 7.98. The Morgan fingerprint density at radius 3 is 2.60 bits per heavy atom. The number of esters is 1. The number of ether oxygens (including phenoxy) is 1. The highest BCUT2D eigenvalue weighted by atomic mass is 32.1. The molecular formula is C6H12O2S2. The standard InChI is InChI=1S/C6H12O2S2/c1-5(4-10)6(7)8-2-3-9/h5,9-10H,2-4H2,1H3. The fourth-order valence-corrected chi connectivity index (χ4v) is 0.603. The normalized spacial score (nSPS) is 12.7. The van der Waals surface area contributed by atoms with Crippen LogP contribution in [-0.2, 0) is 9.53 Å². The summed E-state index contributed by atoms with van der Waals surface area (Å²) in [5.41, 5.74) is 0. The van der Waals surface area contributed by atoms with Crippen molar-refractivity contribution in [2.75, 3.05) is 18.1 Å². The monoisotopic (exact) mass is 180 g/mol. The molecule has 10 heavy (non-hydrogen) atoms. The van der Waals surface area contributed by atoms with E-state index in [-0.39, 0.29) is 11.9 Å². The quantitative estimate of drug-likeness (QED) is 0.499. The van der Waals surface area contributed by atoms with Crippen LogP contribution in [0.5, 0.6) is 0 Å². The summed E-state index contributed by atoms with van der Waals surface area (Å²) in [6.07, 6.45) is 0. The molecule has 0 rings (SSSR count). The van der Waals surface area contributed by atoms with Gasteiger partial charge in [0.25, 0.3) is 0 Å². The fraction of sp³-hybridized carbons (Fsp3) is 0.833. The first-order chi connectivity index (χ1) is 4.72. The van der Waals surface area contributed by atoms with E-state index in [1.807, 2.05) is 0 Å². The summed E-state index contributed by atoms with van der Waals surface area (Å²) >= 11 is 7.85. The zero-order valence-corrected chi connectivity index (χ0v) is 7.70. The Kier molecular flexibility index (Phi) is 6.02. The minimum absolute atomic E-state index is 0.108. The van der Waals surface area contributed by atoms with Crippen LogP contribution in [0.1, 0.15) is 6.92 Å². The third kappa shape index (κ3) is 4.06. The summed E-state index contributed by atoms with van der Waals surface area (Å²) in [5.74, 6) is 0.809. The maximum absolute atomic E-state index is 10.8. The highest BCUT2D eigenvalue weighted by Crippen LogP contribution is 2.00. The molecule has 0 aromatic rings. The number of rotatable bonds is 4. The first-order valence-electron chi connectivity index (χ1n) is 3.10. The Hall–Kier alpha value is 0.170. The van der Waals surface area contributed by atoms with Crippen molar-refractivity contribution >= 4 is 31.2 Å². The van der Waals surface area contributed by atoms with Crippen LogP contribution in [-0.4, -0.2) is 24.1 Å². The van der Waals surface area contributed by atoms with Crippen molar-refractivity contribution in [1.29, 1.82) is 0 Å². The molecule has 0 spiro atoms. The second-order valence-corrected chi connectivity index (χ2v) is 2.79. The highest BCUT2D eigenvalue weighted by Gasteiger charge is 2.10. The lowest BCUT2D eigenvalue weighted by Crippen LogP contribution is -2.17. The van der Waals surface area contributed by atoms with E-state index in [0.29, 0.717) is 18.1 Å². The second kappa shape index (κ2) is 5.92. The van der Waals surface area contributed by atoms with Gasteiger partial charge >= 0.3 is 5.97 Å². The molecule has 0 radical (unpaired) electrons. The largest absolute Gasteiger partial charge is 0.465 e. The summed E-state index contributed by atoms with van der Waals surface area (Å²) in [7, 11) is 0. The molecule has 0 N–H and O–H groups in total. The van der Waals surface area contributed by atoms with Crippen molar-refractivity contribution in [2.45, 2.75) is 6.92 Å². The maximum atomic E-state index is 10.8. The molecule has 0 aromatic heterocycles. The predicted molar refractivity (Wildman–Crippen MR) is 47.8 cm³/mol. The van der Waals surface area contributed by atoms with Gasteiger partial charge in [0.05, 0.1) is 5.92 Å². The van der Waals surface area contributed by atoms with Crippen molar-refractivity contribution in [3.63, 3.8) is 0 Å². The van der Waals surface area contributed by atoms with Crippen LogP contribution in [0.25, 0.3) is 0 Å². The smallest absolute Gasteiger partial charge is 0.309 e. The zero-order valence-electron chi connectivity index (χ0n) is 5.91. The molecular weight excluding hydrogens is 168 g/mol. The average Bonchev–Trinajstić information content (AvgIpc) is 1.98. The Morgan fingerprint density at radius 2 is 2.20 bits per heavy atom.